The Hall–Kier alpha value is -3.88. The first-order valence-electron chi connectivity index (χ1n) is 10.7. The highest BCUT2D eigenvalue weighted by Crippen LogP contribution is 2.36. The molecule has 33 heavy (non-hydrogen) atoms. The van der Waals surface area contributed by atoms with Crippen LogP contribution in [0, 0.1) is 11.3 Å². The van der Waals surface area contributed by atoms with Crippen LogP contribution in [0.1, 0.15) is 32.2 Å². The van der Waals surface area contributed by atoms with Crippen molar-refractivity contribution in [2.45, 2.75) is 38.1 Å². The van der Waals surface area contributed by atoms with E-state index in [-0.39, 0.29) is 6.04 Å². The van der Waals surface area contributed by atoms with E-state index in [1.165, 1.54) is 6.33 Å². The van der Waals surface area contributed by atoms with E-state index in [0.29, 0.717) is 31.0 Å². The van der Waals surface area contributed by atoms with Crippen molar-refractivity contribution in [3.63, 3.8) is 0 Å². The lowest BCUT2D eigenvalue weighted by molar-refractivity contribution is 0.124. The number of aliphatic hydroxyl groups excluding tert-OH is 1. The van der Waals surface area contributed by atoms with Gasteiger partial charge in [-0.2, -0.15) is 10.4 Å². The highest BCUT2D eigenvalue weighted by molar-refractivity contribution is 5.90. The molecule has 1 fully saturated rings. The van der Waals surface area contributed by atoms with Crippen LogP contribution in [0.5, 0.6) is 0 Å². The normalized spacial score (nSPS) is 16.0. The summed E-state index contributed by atoms with van der Waals surface area (Å²) in [5.74, 6) is 0.696. The molecule has 1 unspecified atom stereocenters. The molecule has 1 atom stereocenters. The number of aromatic nitrogens is 7. The quantitative estimate of drug-likeness (QED) is 0.363. The molecule has 4 aromatic heterocycles. The molecule has 0 aromatic carbocycles. The molecule has 0 spiro atoms. The van der Waals surface area contributed by atoms with Crippen molar-refractivity contribution in [3.05, 3.63) is 49.1 Å². The van der Waals surface area contributed by atoms with Crippen LogP contribution in [-0.2, 0) is 5.54 Å². The van der Waals surface area contributed by atoms with E-state index in [0.717, 1.165) is 22.3 Å². The number of rotatable bonds is 7. The van der Waals surface area contributed by atoms with Crippen LogP contribution >= 0.6 is 0 Å². The standard InChI is InChI=1S/C22H24N10O/c1-14(2)30-21(33)17-8-26-18(9-25-17)31-11-22(12-31,4-5-23)32-10-15(7-29-32)19-16-3-6-24-20(16)28-13-27-19/h3,6-10,13-14,21,30,33H,4,11-12H2,1-2H3,(H,24,27,28). The third-order valence-electron chi connectivity index (χ3n) is 5.83. The first kappa shape index (κ1) is 21.0. The SMILES string of the molecule is CC(C)NC(O)c1cnc(N2CC(CC#N)(n3cc(-c4ncnc5[nH]ccc45)cn3)C2)cn1. The summed E-state index contributed by atoms with van der Waals surface area (Å²) in [5.41, 5.74) is 2.44. The second-order valence-corrected chi connectivity index (χ2v) is 8.57. The zero-order valence-electron chi connectivity index (χ0n) is 18.3. The predicted molar refractivity (Wildman–Crippen MR) is 121 cm³/mol. The molecule has 0 amide bonds. The van der Waals surface area contributed by atoms with E-state index < -0.39 is 11.8 Å². The fourth-order valence-corrected chi connectivity index (χ4v) is 4.15. The Balaban J connectivity index is 1.35. The lowest BCUT2D eigenvalue weighted by Gasteiger charge is -2.49. The zero-order valence-corrected chi connectivity index (χ0v) is 18.3. The topological polar surface area (TPSA) is 144 Å². The molecule has 5 heterocycles. The van der Waals surface area contributed by atoms with Gasteiger partial charge in [0.25, 0.3) is 0 Å². The fourth-order valence-electron chi connectivity index (χ4n) is 4.15. The van der Waals surface area contributed by atoms with E-state index in [1.54, 1.807) is 18.6 Å². The largest absolute Gasteiger partial charge is 0.373 e. The van der Waals surface area contributed by atoms with Crippen molar-refractivity contribution in [1.29, 1.82) is 5.26 Å². The fraction of sp³-hybridized carbons (Fsp3) is 0.364. The Kier molecular flexibility index (Phi) is 5.24. The highest BCUT2D eigenvalue weighted by Gasteiger charge is 2.46. The molecule has 0 radical (unpaired) electrons. The summed E-state index contributed by atoms with van der Waals surface area (Å²) in [7, 11) is 0. The third kappa shape index (κ3) is 3.79. The molecule has 3 N–H and O–H groups in total. The number of anilines is 1. The van der Waals surface area contributed by atoms with Gasteiger partial charge in [-0.1, -0.05) is 0 Å². The maximum atomic E-state index is 10.2. The van der Waals surface area contributed by atoms with Crippen molar-refractivity contribution in [1.82, 2.24) is 40.0 Å². The summed E-state index contributed by atoms with van der Waals surface area (Å²) in [5, 5.41) is 28.1. The molecule has 0 aliphatic carbocycles. The minimum atomic E-state index is -0.864. The lowest BCUT2D eigenvalue weighted by atomic mass is 9.87. The van der Waals surface area contributed by atoms with Gasteiger partial charge in [0.2, 0.25) is 0 Å². The van der Waals surface area contributed by atoms with Crippen LogP contribution in [0.2, 0.25) is 0 Å². The third-order valence-corrected chi connectivity index (χ3v) is 5.83. The van der Waals surface area contributed by atoms with Crippen molar-refractivity contribution in [2.75, 3.05) is 18.0 Å². The van der Waals surface area contributed by atoms with Crippen molar-refractivity contribution in [2.24, 2.45) is 0 Å². The molecule has 1 saturated heterocycles. The molecule has 1 aliphatic rings. The van der Waals surface area contributed by atoms with Crippen LogP contribution < -0.4 is 10.2 Å². The van der Waals surface area contributed by atoms with Crippen LogP contribution in [0.25, 0.3) is 22.3 Å². The summed E-state index contributed by atoms with van der Waals surface area (Å²) in [6.07, 6.45) is 9.74. The van der Waals surface area contributed by atoms with Crippen molar-refractivity contribution < 1.29 is 5.11 Å². The maximum Gasteiger partial charge on any atom is 0.149 e. The lowest BCUT2D eigenvalue weighted by Crippen LogP contribution is -2.63. The van der Waals surface area contributed by atoms with Gasteiger partial charge in [-0.3, -0.25) is 15.0 Å². The van der Waals surface area contributed by atoms with Gasteiger partial charge in [0.05, 0.1) is 36.8 Å². The number of nitriles is 1. The summed E-state index contributed by atoms with van der Waals surface area (Å²) in [6.45, 7) is 5.05. The van der Waals surface area contributed by atoms with Crippen LogP contribution in [0.4, 0.5) is 5.82 Å². The Morgan fingerprint density at radius 3 is 2.79 bits per heavy atom. The first-order chi connectivity index (χ1) is 16.0. The Morgan fingerprint density at radius 1 is 1.21 bits per heavy atom. The average Bonchev–Trinajstić information content (AvgIpc) is 3.45. The number of hydrogen-bond donors (Lipinski definition) is 3. The van der Waals surface area contributed by atoms with Crippen LogP contribution in [-0.4, -0.2) is 58.9 Å². The summed E-state index contributed by atoms with van der Waals surface area (Å²) < 4.78 is 1.86. The van der Waals surface area contributed by atoms with E-state index in [9.17, 15) is 10.4 Å². The minimum Gasteiger partial charge on any atom is -0.373 e. The van der Waals surface area contributed by atoms with E-state index >= 15 is 0 Å². The van der Waals surface area contributed by atoms with Gasteiger partial charge in [-0.25, -0.2) is 15.0 Å². The number of fused-ring (bicyclic) bond motifs is 1. The number of H-pyrrole nitrogens is 1. The zero-order chi connectivity index (χ0) is 23.0. The molecule has 0 saturated carbocycles. The first-order valence-corrected chi connectivity index (χ1v) is 10.7. The molecule has 168 valence electrons. The van der Waals surface area contributed by atoms with Crippen molar-refractivity contribution >= 4 is 16.9 Å². The number of hydrogen-bond acceptors (Lipinski definition) is 9. The van der Waals surface area contributed by atoms with E-state index in [2.05, 4.69) is 41.4 Å². The summed E-state index contributed by atoms with van der Waals surface area (Å²) in [4.78, 5) is 22.6. The number of aliphatic hydroxyl groups is 1. The average molecular weight is 445 g/mol. The molecule has 11 nitrogen and oxygen atoms in total. The van der Waals surface area contributed by atoms with Gasteiger partial charge >= 0.3 is 0 Å². The van der Waals surface area contributed by atoms with E-state index in [1.807, 2.05) is 41.9 Å². The summed E-state index contributed by atoms with van der Waals surface area (Å²) >= 11 is 0. The maximum absolute atomic E-state index is 10.2. The predicted octanol–water partition coefficient (Wildman–Crippen LogP) is 1.73. The van der Waals surface area contributed by atoms with Gasteiger partial charge in [0.1, 0.15) is 35.3 Å². The second-order valence-electron chi connectivity index (χ2n) is 8.57. The molecular weight excluding hydrogens is 420 g/mol. The molecule has 4 aromatic rings. The number of nitrogens with one attached hydrogen (secondary N) is 2. The van der Waals surface area contributed by atoms with Gasteiger partial charge in [0, 0.05) is 42.5 Å². The van der Waals surface area contributed by atoms with Gasteiger partial charge < -0.3 is 15.0 Å². The van der Waals surface area contributed by atoms with Crippen LogP contribution in [0.3, 0.4) is 0 Å². The molecular formula is C22H24N10O. The number of nitrogens with zero attached hydrogens (tertiary/aromatic N) is 8. The van der Waals surface area contributed by atoms with Crippen molar-refractivity contribution in [3.8, 4) is 17.3 Å². The van der Waals surface area contributed by atoms with Crippen LogP contribution in [0.15, 0.2) is 43.4 Å². The monoisotopic (exact) mass is 444 g/mol. The Labute approximate surface area is 190 Å². The number of aromatic amines is 1. The van der Waals surface area contributed by atoms with E-state index in [4.69, 9.17) is 0 Å². The summed E-state index contributed by atoms with van der Waals surface area (Å²) in [6, 6.07) is 4.36. The molecule has 5 rings (SSSR count). The molecule has 0 bridgehead atoms. The van der Waals surface area contributed by atoms with Gasteiger partial charge in [-0.15, -0.1) is 0 Å². The smallest absolute Gasteiger partial charge is 0.149 e. The second kappa shape index (κ2) is 8.23. The minimum absolute atomic E-state index is 0.123. The highest BCUT2D eigenvalue weighted by atomic mass is 16.3. The van der Waals surface area contributed by atoms with Gasteiger partial charge in [-0.05, 0) is 19.9 Å². The Bertz CT molecular complexity index is 1300. The Morgan fingerprint density at radius 2 is 2.06 bits per heavy atom. The molecule has 11 heteroatoms. The molecule has 1 aliphatic heterocycles. The van der Waals surface area contributed by atoms with Gasteiger partial charge in [0.15, 0.2) is 0 Å².